The van der Waals surface area contributed by atoms with Crippen LogP contribution < -0.4 is 5.32 Å². The lowest BCUT2D eigenvalue weighted by molar-refractivity contribution is 0.590. The van der Waals surface area contributed by atoms with Crippen molar-refractivity contribution in [2.75, 3.05) is 5.32 Å². The molecule has 0 fully saturated rings. The van der Waals surface area contributed by atoms with Gasteiger partial charge in [-0.1, -0.05) is 45.0 Å². The number of nitrogens with one attached hydrogen (secondary N) is 1. The van der Waals surface area contributed by atoms with Gasteiger partial charge in [0, 0.05) is 34.9 Å². The lowest BCUT2D eigenvalue weighted by atomic mass is 9.85. The van der Waals surface area contributed by atoms with Gasteiger partial charge in [-0.25, -0.2) is 0 Å². The summed E-state index contributed by atoms with van der Waals surface area (Å²) < 4.78 is 0. The Morgan fingerprint density at radius 3 is 2.23 bits per heavy atom. The number of aryl methyl sites for hydroxylation is 1. The fraction of sp³-hybridized carbons (Fsp3) is 0.185. The lowest BCUT2D eigenvalue weighted by Gasteiger charge is -2.22. The van der Waals surface area contributed by atoms with E-state index in [4.69, 9.17) is 0 Å². The molecule has 0 aliphatic rings. The van der Waals surface area contributed by atoms with Crippen LogP contribution in [0.25, 0.3) is 22.5 Å². The molecule has 0 amide bonds. The second-order valence-electron chi connectivity index (χ2n) is 8.64. The Balaban J connectivity index is 1.73. The quantitative estimate of drug-likeness (QED) is 0.400. The van der Waals surface area contributed by atoms with Gasteiger partial charge in [-0.2, -0.15) is 0 Å². The molecule has 0 saturated carbocycles. The Hall–Kier alpha value is -3.46. The summed E-state index contributed by atoms with van der Waals surface area (Å²) in [7, 11) is 0. The zero-order chi connectivity index (χ0) is 21.1. The van der Waals surface area contributed by atoms with E-state index < -0.39 is 0 Å². The summed E-state index contributed by atoms with van der Waals surface area (Å²) in [6.45, 7) is 8.80. The number of anilines is 2. The van der Waals surface area contributed by atoms with E-state index in [1.54, 1.807) is 0 Å². The summed E-state index contributed by atoms with van der Waals surface area (Å²) in [5.41, 5.74) is 8.77. The van der Waals surface area contributed by atoms with E-state index >= 15 is 0 Å². The number of benzene rings is 2. The predicted molar refractivity (Wildman–Crippen MR) is 126 cm³/mol. The molecule has 2 aromatic heterocycles. The van der Waals surface area contributed by atoms with Crippen LogP contribution in [0.3, 0.4) is 0 Å². The maximum absolute atomic E-state index is 4.56. The Bertz CT molecular complexity index is 1160. The van der Waals surface area contributed by atoms with Gasteiger partial charge in [-0.3, -0.25) is 9.97 Å². The Morgan fingerprint density at radius 2 is 1.50 bits per heavy atom. The molecule has 3 nitrogen and oxygen atoms in total. The SMILES string of the molecule is Cc1cccnc1-c1cccc(Nc2cc(-c3ccccn3)cc(C(C)(C)C)c2)c1. The van der Waals surface area contributed by atoms with Crippen molar-refractivity contribution in [1.82, 2.24) is 9.97 Å². The molecule has 0 saturated heterocycles. The first-order valence-electron chi connectivity index (χ1n) is 10.3. The van der Waals surface area contributed by atoms with Crippen LogP contribution in [0, 0.1) is 6.92 Å². The van der Waals surface area contributed by atoms with Crippen LogP contribution >= 0.6 is 0 Å². The van der Waals surface area contributed by atoms with E-state index in [-0.39, 0.29) is 5.41 Å². The van der Waals surface area contributed by atoms with Gasteiger partial charge in [0.2, 0.25) is 0 Å². The minimum atomic E-state index is 0.0359. The third kappa shape index (κ3) is 4.41. The van der Waals surface area contributed by atoms with Crippen molar-refractivity contribution in [1.29, 1.82) is 0 Å². The first-order chi connectivity index (χ1) is 14.4. The molecule has 4 aromatic rings. The van der Waals surface area contributed by atoms with Gasteiger partial charge in [0.15, 0.2) is 0 Å². The molecule has 0 unspecified atom stereocenters. The second-order valence-corrected chi connectivity index (χ2v) is 8.64. The summed E-state index contributed by atoms with van der Waals surface area (Å²) >= 11 is 0. The van der Waals surface area contributed by atoms with E-state index in [2.05, 4.69) is 97.6 Å². The third-order valence-electron chi connectivity index (χ3n) is 5.19. The van der Waals surface area contributed by atoms with E-state index in [1.165, 1.54) is 11.1 Å². The number of pyridine rings is 2. The van der Waals surface area contributed by atoms with E-state index in [9.17, 15) is 0 Å². The molecule has 150 valence electrons. The van der Waals surface area contributed by atoms with E-state index in [1.807, 2.05) is 30.6 Å². The fourth-order valence-electron chi connectivity index (χ4n) is 3.51. The molecular weight excluding hydrogens is 366 g/mol. The van der Waals surface area contributed by atoms with Crippen LogP contribution in [0.1, 0.15) is 31.9 Å². The van der Waals surface area contributed by atoms with Crippen LogP contribution in [0.4, 0.5) is 11.4 Å². The summed E-state index contributed by atoms with van der Waals surface area (Å²) in [6.07, 6.45) is 3.68. The summed E-state index contributed by atoms with van der Waals surface area (Å²) in [6, 6.07) is 25.1. The minimum Gasteiger partial charge on any atom is -0.355 e. The third-order valence-corrected chi connectivity index (χ3v) is 5.19. The van der Waals surface area contributed by atoms with Crippen molar-refractivity contribution in [3.8, 4) is 22.5 Å². The highest BCUT2D eigenvalue weighted by molar-refractivity contribution is 5.74. The van der Waals surface area contributed by atoms with Gasteiger partial charge in [-0.05, 0) is 72.0 Å². The normalized spacial score (nSPS) is 11.3. The molecule has 0 radical (unpaired) electrons. The molecule has 0 atom stereocenters. The van der Waals surface area contributed by atoms with Gasteiger partial charge >= 0.3 is 0 Å². The standard InChI is InChI=1S/C27H27N3/c1-19-9-8-14-29-26(19)20-10-7-11-23(16-20)30-24-17-21(25-12-5-6-13-28-25)15-22(18-24)27(2,3)4/h5-18,30H,1-4H3. The van der Waals surface area contributed by atoms with Crippen molar-refractivity contribution < 1.29 is 0 Å². The zero-order valence-corrected chi connectivity index (χ0v) is 18.0. The highest BCUT2D eigenvalue weighted by Crippen LogP contribution is 2.32. The maximum Gasteiger partial charge on any atom is 0.0731 e. The van der Waals surface area contributed by atoms with Gasteiger partial charge < -0.3 is 5.32 Å². The molecule has 0 spiro atoms. The van der Waals surface area contributed by atoms with Crippen molar-refractivity contribution in [3.63, 3.8) is 0 Å². The Kier molecular flexibility index (Phi) is 5.37. The largest absolute Gasteiger partial charge is 0.355 e. The lowest BCUT2D eigenvalue weighted by Crippen LogP contribution is -2.11. The van der Waals surface area contributed by atoms with E-state index in [0.717, 1.165) is 33.9 Å². The minimum absolute atomic E-state index is 0.0359. The van der Waals surface area contributed by atoms with Crippen LogP contribution in [0.5, 0.6) is 0 Å². The topological polar surface area (TPSA) is 37.8 Å². The summed E-state index contributed by atoms with van der Waals surface area (Å²) in [5.74, 6) is 0. The molecule has 0 aliphatic carbocycles. The summed E-state index contributed by atoms with van der Waals surface area (Å²) in [5, 5.41) is 3.60. The highest BCUT2D eigenvalue weighted by atomic mass is 14.9. The molecule has 1 N–H and O–H groups in total. The Morgan fingerprint density at radius 1 is 0.700 bits per heavy atom. The van der Waals surface area contributed by atoms with Gasteiger partial charge in [0.1, 0.15) is 0 Å². The van der Waals surface area contributed by atoms with Crippen LogP contribution in [0.15, 0.2) is 85.2 Å². The van der Waals surface area contributed by atoms with E-state index in [0.29, 0.717) is 0 Å². The molecule has 30 heavy (non-hydrogen) atoms. The molecular formula is C27H27N3. The molecule has 0 aliphatic heterocycles. The smallest absolute Gasteiger partial charge is 0.0731 e. The van der Waals surface area contributed by atoms with Gasteiger partial charge in [-0.15, -0.1) is 0 Å². The fourth-order valence-corrected chi connectivity index (χ4v) is 3.51. The van der Waals surface area contributed by atoms with Crippen molar-refractivity contribution in [2.45, 2.75) is 33.1 Å². The van der Waals surface area contributed by atoms with Crippen LogP contribution in [0.2, 0.25) is 0 Å². The predicted octanol–water partition coefficient (Wildman–Crippen LogP) is 7.16. The monoisotopic (exact) mass is 393 g/mol. The first-order valence-corrected chi connectivity index (χ1v) is 10.3. The van der Waals surface area contributed by atoms with Crippen molar-refractivity contribution in [3.05, 3.63) is 96.3 Å². The summed E-state index contributed by atoms with van der Waals surface area (Å²) in [4.78, 5) is 9.11. The molecule has 2 heterocycles. The molecule has 3 heteroatoms. The van der Waals surface area contributed by atoms with Gasteiger partial charge in [0.05, 0.1) is 11.4 Å². The number of hydrogen-bond donors (Lipinski definition) is 1. The first kappa shape index (κ1) is 19.8. The second kappa shape index (κ2) is 8.11. The molecule has 2 aromatic carbocycles. The zero-order valence-electron chi connectivity index (χ0n) is 18.0. The highest BCUT2D eigenvalue weighted by Gasteiger charge is 2.16. The number of rotatable bonds is 4. The average Bonchev–Trinajstić information content (AvgIpc) is 2.74. The average molecular weight is 394 g/mol. The number of nitrogens with zero attached hydrogens (tertiary/aromatic N) is 2. The molecule has 4 rings (SSSR count). The number of aromatic nitrogens is 2. The van der Waals surface area contributed by atoms with Gasteiger partial charge in [0.25, 0.3) is 0 Å². The van der Waals surface area contributed by atoms with Crippen molar-refractivity contribution >= 4 is 11.4 Å². The van der Waals surface area contributed by atoms with Crippen LogP contribution in [-0.2, 0) is 5.41 Å². The maximum atomic E-state index is 4.56. The van der Waals surface area contributed by atoms with Crippen molar-refractivity contribution in [2.24, 2.45) is 0 Å². The molecule has 0 bridgehead atoms. The Labute approximate surface area is 178 Å². The van der Waals surface area contributed by atoms with Crippen LogP contribution in [-0.4, -0.2) is 9.97 Å². The number of hydrogen-bond acceptors (Lipinski definition) is 3.